The van der Waals surface area contributed by atoms with E-state index in [2.05, 4.69) is 5.32 Å². The van der Waals surface area contributed by atoms with Gasteiger partial charge in [0.2, 0.25) is 5.91 Å². The van der Waals surface area contributed by atoms with Crippen molar-refractivity contribution in [3.05, 3.63) is 38.9 Å². The number of halogens is 2. The maximum atomic E-state index is 11.8. The lowest BCUT2D eigenvalue weighted by Gasteiger charge is -2.19. The number of nitrogens with one attached hydrogen (secondary N) is 1. The minimum Gasteiger partial charge on any atom is -0.365 e. The van der Waals surface area contributed by atoms with Crippen molar-refractivity contribution in [3.8, 4) is 10.4 Å². The summed E-state index contributed by atoms with van der Waals surface area (Å²) < 4.78 is 0. The van der Waals surface area contributed by atoms with Gasteiger partial charge in [-0.05, 0) is 36.1 Å². The van der Waals surface area contributed by atoms with Crippen LogP contribution in [0.25, 0.3) is 10.4 Å². The van der Waals surface area contributed by atoms with Crippen LogP contribution in [0.1, 0.15) is 28.4 Å². The third kappa shape index (κ3) is 2.39. The van der Waals surface area contributed by atoms with Crippen LogP contribution in [-0.2, 0) is 17.6 Å². The van der Waals surface area contributed by atoms with Crippen LogP contribution in [-0.4, -0.2) is 11.8 Å². The van der Waals surface area contributed by atoms with Crippen LogP contribution in [0.4, 0.5) is 5.00 Å². The number of primary amides is 1. The minimum absolute atomic E-state index is 0.251. The van der Waals surface area contributed by atoms with E-state index in [1.54, 1.807) is 12.1 Å². The van der Waals surface area contributed by atoms with Gasteiger partial charge in [-0.2, -0.15) is 0 Å². The van der Waals surface area contributed by atoms with Crippen LogP contribution in [0.2, 0.25) is 10.0 Å². The van der Waals surface area contributed by atoms with Gasteiger partial charge in [-0.3, -0.25) is 9.59 Å². The molecule has 0 bridgehead atoms. The highest BCUT2D eigenvalue weighted by atomic mass is 35.5. The summed E-state index contributed by atoms with van der Waals surface area (Å²) >= 11 is 13.9. The van der Waals surface area contributed by atoms with Gasteiger partial charge in [-0.1, -0.05) is 23.2 Å². The number of amides is 2. The second-order valence-corrected chi connectivity index (χ2v) is 6.88. The number of rotatable bonds is 2. The van der Waals surface area contributed by atoms with Crippen molar-refractivity contribution < 1.29 is 9.59 Å². The Morgan fingerprint density at radius 3 is 2.45 bits per heavy atom. The Morgan fingerprint density at radius 2 is 1.82 bits per heavy atom. The average molecular weight is 355 g/mol. The molecule has 1 aliphatic carbocycles. The first kappa shape index (κ1) is 15.3. The molecule has 0 saturated carbocycles. The van der Waals surface area contributed by atoms with E-state index in [0.717, 1.165) is 21.6 Å². The molecule has 7 heteroatoms. The Kier molecular flexibility index (Phi) is 3.89. The molecule has 1 heterocycles. The first-order valence-corrected chi connectivity index (χ1v) is 8.17. The van der Waals surface area contributed by atoms with Gasteiger partial charge in [0.05, 0.1) is 5.56 Å². The summed E-state index contributed by atoms with van der Waals surface area (Å²) in [5.41, 5.74) is 8.51. The molecular weight excluding hydrogens is 343 g/mol. The van der Waals surface area contributed by atoms with Crippen molar-refractivity contribution in [2.24, 2.45) is 5.73 Å². The predicted molar refractivity (Wildman–Crippen MR) is 90.0 cm³/mol. The Morgan fingerprint density at radius 1 is 1.18 bits per heavy atom. The third-order valence-corrected chi connectivity index (χ3v) is 5.43. The average Bonchev–Trinajstić information content (AvgIpc) is 2.79. The number of carbonyl (C=O) groups excluding carboxylic acids is 2. The van der Waals surface area contributed by atoms with E-state index in [4.69, 9.17) is 28.9 Å². The molecule has 3 rings (SSSR count). The maximum Gasteiger partial charge on any atom is 0.252 e. The lowest BCUT2D eigenvalue weighted by atomic mass is 9.89. The molecule has 114 valence electrons. The molecule has 1 aliphatic rings. The zero-order chi connectivity index (χ0) is 16.0. The summed E-state index contributed by atoms with van der Waals surface area (Å²) in [4.78, 5) is 24.0. The summed E-state index contributed by atoms with van der Waals surface area (Å²) in [7, 11) is 0. The molecule has 0 radical (unpaired) electrons. The largest absolute Gasteiger partial charge is 0.365 e. The fourth-order valence-corrected chi connectivity index (χ4v) is 4.71. The zero-order valence-electron chi connectivity index (χ0n) is 11.6. The second-order valence-electron chi connectivity index (χ2n) is 5.04. The lowest BCUT2D eigenvalue weighted by molar-refractivity contribution is -0.114. The Bertz CT molecular complexity index is 814. The van der Waals surface area contributed by atoms with Gasteiger partial charge in [0.25, 0.3) is 5.91 Å². The van der Waals surface area contributed by atoms with Gasteiger partial charge in [0, 0.05) is 27.4 Å². The van der Waals surface area contributed by atoms with Gasteiger partial charge in [-0.25, -0.2) is 0 Å². The monoisotopic (exact) mass is 354 g/mol. The van der Waals surface area contributed by atoms with Crippen LogP contribution < -0.4 is 11.1 Å². The maximum absolute atomic E-state index is 11.8. The quantitative estimate of drug-likeness (QED) is 0.858. The van der Waals surface area contributed by atoms with Crippen molar-refractivity contribution in [3.63, 3.8) is 0 Å². The fraction of sp³-hybridized carbons (Fsp3) is 0.200. The van der Waals surface area contributed by atoms with Crippen LogP contribution >= 0.6 is 34.5 Å². The van der Waals surface area contributed by atoms with Crippen molar-refractivity contribution in [2.75, 3.05) is 5.32 Å². The summed E-state index contributed by atoms with van der Waals surface area (Å²) in [5, 5.41) is 4.37. The molecule has 0 aliphatic heterocycles. The first-order valence-electron chi connectivity index (χ1n) is 6.60. The number of benzene rings is 1. The molecule has 2 aromatic rings. The van der Waals surface area contributed by atoms with Gasteiger partial charge in [0.15, 0.2) is 0 Å². The number of carbonyl (C=O) groups is 2. The SMILES string of the molecule is CC(=O)Nc1sc2c(c1C(N)=O)CCc1c(Cl)ccc(Cl)c1-2. The van der Waals surface area contributed by atoms with Crippen LogP contribution in [0.15, 0.2) is 12.1 Å². The third-order valence-electron chi connectivity index (χ3n) is 3.60. The molecule has 1 aromatic heterocycles. The second kappa shape index (κ2) is 5.57. The summed E-state index contributed by atoms with van der Waals surface area (Å²) in [6, 6.07) is 3.50. The summed E-state index contributed by atoms with van der Waals surface area (Å²) in [6.07, 6.45) is 1.31. The van der Waals surface area contributed by atoms with Gasteiger partial charge in [-0.15, -0.1) is 11.3 Å². The molecule has 1 aromatic carbocycles. The molecule has 0 spiro atoms. The summed E-state index contributed by atoms with van der Waals surface area (Å²) in [5.74, 6) is -0.804. The number of anilines is 1. The molecule has 2 amide bonds. The van der Waals surface area contributed by atoms with Crippen molar-refractivity contribution in [1.82, 2.24) is 0 Å². The Hall–Kier alpha value is -1.56. The highest BCUT2D eigenvalue weighted by Gasteiger charge is 2.29. The number of nitrogens with two attached hydrogens (primary N) is 1. The number of fused-ring (bicyclic) bond motifs is 3. The smallest absolute Gasteiger partial charge is 0.252 e. The van der Waals surface area contributed by atoms with Crippen molar-refractivity contribution in [1.29, 1.82) is 0 Å². The van der Waals surface area contributed by atoms with Gasteiger partial charge < -0.3 is 11.1 Å². The highest BCUT2D eigenvalue weighted by Crippen LogP contribution is 2.49. The first-order chi connectivity index (χ1) is 10.4. The minimum atomic E-state index is -0.553. The van der Waals surface area contributed by atoms with Gasteiger partial charge in [0.1, 0.15) is 5.00 Å². The molecule has 0 fully saturated rings. The molecule has 3 N–H and O–H groups in total. The van der Waals surface area contributed by atoms with Crippen molar-refractivity contribution >= 4 is 51.4 Å². The summed E-state index contributed by atoms with van der Waals surface area (Å²) in [6.45, 7) is 1.39. The fourth-order valence-electron chi connectivity index (χ4n) is 2.75. The molecule has 0 unspecified atom stereocenters. The van der Waals surface area contributed by atoms with E-state index < -0.39 is 5.91 Å². The Labute approximate surface area is 141 Å². The van der Waals surface area contributed by atoms with E-state index >= 15 is 0 Å². The molecule has 0 saturated heterocycles. The molecule has 4 nitrogen and oxygen atoms in total. The van der Waals surface area contributed by atoms with E-state index in [1.807, 2.05) is 0 Å². The Balaban J connectivity index is 2.28. The number of hydrogen-bond donors (Lipinski definition) is 2. The van der Waals surface area contributed by atoms with E-state index in [1.165, 1.54) is 18.3 Å². The lowest BCUT2D eigenvalue weighted by Crippen LogP contribution is -2.17. The number of hydrogen-bond acceptors (Lipinski definition) is 3. The van der Waals surface area contributed by atoms with Crippen LogP contribution in [0, 0.1) is 0 Å². The number of thiophene rings is 1. The zero-order valence-corrected chi connectivity index (χ0v) is 14.0. The van der Waals surface area contributed by atoms with Gasteiger partial charge >= 0.3 is 0 Å². The van der Waals surface area contributed by atoms with E-state index in [0.29, 0.717) is 33.5 Å². The van der Waals surface area contributed by atoms with Crippen molar-refractivity contribution in [2.45, 2.75) is 19.8 Å². The predicted octanol–water partition coefficient (Wildman–Crippen LogP) is 3.88. The topological polar surface area (TPSA) is 72.2 Å². The van der Waals surface area contributed by atoms with E-state index in [-0.39, 0.29) is 5.91 Å². The molecular formula is C15H12Cl2N2O2S. The molecule has 0 atom stereocenters. The highest BCUT2D eigenvalue weighted by molar-refractivity contribution is 7.20. The van der Waals surface area contributed by atoms with E-state index in [9.17, 15) is 9.59 Å². The standard InChI is InChI=1S/C15H12Cl2N2O2S/c1-6(20)19-15-12(14(18)21)8-3-2-7-9(16)4-5-10(17)11(7)13(8)22-15/h4-5H,2-3H2,1H3,(H2,18,21)(H,19,20). The normalized spacial score (nSPS) is 12.5. The van der Waals surface area contributed by atoms with Crippen LogP contribution in [0.3, 0.4) is 0 Å². The molecule has 22 heavy (non-hydrogen) atoms. The van der Waals surface area contributed by atoms with Crippen LogP contribution in [0.5, 0.6) is 0 Å².